The number of rotatable bonds is 5. The molecule has 6 heteroatoms. The number of halogens is 1. The predicted molar refractivity (Wildman–Crippen MR) is 93.6 cm³/mol. The van der Waals surface area contributed by atoms with Crippen LogP contribution in [0.25, 0.3) is 0 Å². The highest BCUT2D eigenvalue weighted by Gasteiger charge is 2.26. The van der Waals surface area contributed by atoms with E-state index < -0.39 is 0 Å². The van der Waals surface area contributed by atoms with Crippen LogP contribution in [-0.2, 0) is 14.3 Å². The van der Waals surface area contributed by atoms with E-state index in [1.165, 1.54) is 0 Å². The molecule has 2 rings (SSSR count). The van der Waals surface area contributed by atoms with E-state index in [-0.39, 0.29) is 17.8 Å². The van der Waals surface area contributed by atoms with Crippen LogP contribution in [0, 0.1) is 9.49 Å². The number of hydrogen-bond acceptors (Lipinski definition) is 4. The number of hydrogen-bond donors (Lipinski definition) is 1. The third kappa shape index (κ3) is 5.24. The van der Waals surface area contributed by atoms with Gasteiger partial charge in [-0.2, -0.15) is 0 Å². The molecule has 0 radical (unpaired) electrons. The van der Waals surface area contributed by atoms with Crippen molar-refractivity contribution in [3.8, 4) is 0 Å². The fourth-order valence-electron chi connectivity index (χ4n) is 2.52. The van der Waals surface area contributed by atoms with E-state index in [9.17, 15) is 9.59 Å². The van der Waals surface area contributed by atoms with E-state index in [0.29, 0.717) is 13.2 Å². The Morgan fingerprint density at radius 1 is 1.27 bits per heavy atom. The quantitative estimate of drug-likeness (QED) is 0.592. The van der Waals surface area contributed by atoms with Crippen LogP contribution >= 0.6 is 22.6 Å². The van der Waals surface area contributed by atoms with Gasteiger partial charge in [0.2, 0.25) is 5.91 Å². The predicted octanol–water partition coefficient (Wildman–Crippen LogP) is 2.50. The maximum absolute atomic E-state index is 12.0. The van der Waals surface area contributed by atoms with Gasteiger partial charge in [0.25, 0.3) is 0 Å². The average molecular weight is 416 g/mol. The average Bonchev–Trinajstić information content (AvgIpc) is 2.50. The number of anilines is 1. The molecular formula is C16H21IN2O3. The van der Waals surface area contributed by atoms with Crippen molar-refractivity contribution in [2.24, 2.45) is 5.92 Å². The number of ether oxygens (including phenoxy) is 1. The molecule has 5 nitrogen and oxygen atoms in total. The molecule has 1 N–H and O–H groups in total. The monoisotopic (exact) mass is 416 g/mol. The van der Waals surface area contributed by atoms with Crippen LogP contribution in [0.5, 0.6) is 0 Å². The highest BCUT2D eigenvalue weighted by Crippen LogP contribution is 2.18. The summed E-state index contributed by atoms with van der Waals surface area (Å²) in [5.74, 6) is -0.142. The second-order valence-electron chi connectivity index (χ2n) is 5.36. The molecule has 1 aliphatic rings. The summed E-state index contributed by atoms with van der Waals surface area (Å²) >= 11 is 2.23. The van der Waals surface area contributed by atoms with E-state index in [1.54, 1.807) is 0 Å². The lowest BCUT2D eigenvalue weighted by Gasteiger charge is -2.30. The molecule has 1 aromatic carbocycles. The molecule has 0 aromatic heterocycles. The van der Waals surface area contributed by atoms with Crippen LogP contribution in [0.2, 0.25) is 0 Å². The number of amides is 1. The van der Waals surface area contributed by atoms with Crippen molar-refractivity contribution in [1.29, 1.82) is 0 Å². The van der Waals surface area contributed by atoms with Crippen molar-refractivity contribution in [3.63, 3.8) is 0 Å². The maximum Gasteiger partial charge on any atom is 0.309 e. The van der Waals surface area contributed by atoms with Gasteiger partial charge in [-0.25, -0.2) is 0 Å². The summed E-state index contributed by atoms with van der Waals surface area (Å²) in [5, 5.41) is 2.90. The number of benzene rings is 1. The molecule has 1 aromatic rings. The lowest BCUT2D eigenvalue weighted by atomic mass is 9.97. The number of esters is 1. The molecule has 0 spiro atoms. The van der Waals surface area contributed by atoms with Crippen molar-refractivity contribution < 1.29 is 14.3 Å². The Bertz CT molecular complexity index is 511. The number of nitrogens with zero attached hydrogens (tertiary/aromatic N) is 1. The molecule has 1 fully saturated rings. The SMILES string of the molecule is CCOC(=O)C1CCN(CC(=O)Nc2ccc(I)cc2)CC1. The van der Waals surface area contributed by atoms with Gasteiger partial charge >= 0.3 is 5.97 Å². The summed E-state index contributed by atoms with van der Waals surface area (Å²) < 4.78 is 6.18. The van der Waals surface area contributed by atoms with Gasteiger partial charge in [0.15, 0.2) is 0 Å². The summed E-state index contributed by atoms with van der Waals surface area (Å²) in [4.78, 5) is 25.8. The van der Waals surface area contributed by atoms with Crippen LogP contribution in [0.3, 0.4) is 0 Å². The van der Waals surface area contributed by atoms with E-state index >= 15 is 0 Å². The minimum Gasteiger partial charge on any atom is -0.466 e. The van der Waals surface area contributed by atoms with E-state index in [1.807, 2.05) is 31.2 Å². The van der Waals surface area contributed by atoms with Gasteiger partial charge in [0, 0.05) is 9.26 Å². The first kappa shape index (κ1) is 17.2. The second kappa shape index (κ2) is 8.47. The van der Waals surface area contributed by atoms with Gasteiger partial charge in [-0.15, -0.1) is 0 Å². The van der Waals surface area contributed by atoms with E-state index in [2.05, 4.69) is 32.8 Å². The molecule has 1 aliphatic heterocycles. The first-order valence-corrected chi connectivity index (χ1v) is 8.60. The third-order valence-electron chi connectivity index (χ3n) is 3.70. The summed E-state index contributed by atoms with van der Waals surface area (Å²) in [6.07, 6.45) is 1.52. The summed E-state index contributed by atoms with van der Waals surface area (Å²) in [6, 6.07) is 7.71. The van der Waals surface area contributed by atoms with Crippen LogP contribution in [0.1, 0.15) is 19.8 Å². The Labute approximate surface area is 144 Å². The first-order valence-electron chi connectivity index (χ1n) is 7.53. The summed E-state index contributed by atoms with van der Waals surface area (Å²) in [5.41, 5.74) is 0.812. The number of carbonyl (C=O) groups excluding carboxylic acids is 2. The van der Waals surface area contributed by atoms with Gasteiger partial charge in [-0.05, 0) is 79.7 Å². The molecule has 1 saturated heterocycles. The lowest BCUT2D eigenvalue weighted by Crippen LogP contribution is -2.41. The third-order valence-corrected chi connectivity index (χ3v) is 4.42. The molecule has 1 heterocycles. The van der Waals surface area contributed by atoms with Crippen molar-refractivity contribution in [1.82, 2.24) is 4.90 Å². The highest BCUT2D eigenvalue weighted by molar-refractivity contribution is 14.1. The van der Waals surface area contributed by atoms with Gasteiger partial charge in [-0.3, -0.25) is 14.5 Å². The summed E-state index contributed by atoms with van der Waals surface area (Å²) in [7, 11) is 0. The zero-order chi connectivity index (χ0) is 15.9. The summed E-state index contributed by atoms with van der Waals surface area (Å²) in [6.45, 7) is 4.12. The minimum absolute atomic E-state index is 0.0178. The smallest absolute Gasteiger partial charge is 0.309 e. The Kier molecular flexibility index (Phi) is 6.63. The fourth-order valence-corrected chi connectivity index (χ4v) is 2.88. The number of nitrogens with one attached hydrogen (secondary N) is 1. The number of carbonyl (C=O) groups is 2. The van der Waals surface area contributed by atoms with Crippen molar-refractivity contribution >= 4 is 40.2 Å². The zero-order valence-corrected chi connectivity index (χ0v) is 14.8. The standard InChI is InChI=1S/C16H21IN2O3/c1-2-22-16(21)12-7-9-19(10-8-12)11-15(20)18-14-5-3-13(17)4-6-14/h3-6,12H,2,7-11H2,1H3,(H,18,20). The van der Waals surface area contributed by atoms with Crippen molar-refractivity contribution in [2.75, 3.05) is 31.6 Å². The normalized spacial score (nSPS) is 16.3. The van der Waals surface area contributed by atoms with Crippen LogP contribution < -0.4 is 5.32 Å². The van der Waals surface area contributed by atoms with Gasteiger partial charge in [0.1, 0.15) is 0 Å². The first-order chi connectivity index (χ1) is 10.6. The maximum atomic E-state index is 12.0. The highest BCUT2D eigenvalue weighted by atomic mass is 127. The van der Waals surface area contributed by atoms with E-state index in [4.69, 9.17) is 4.74 Å². The molecular weight excluding hydrogens is 395 g/mol. The molecule has 22 heavy (non-hydrogen) atoms. The Balaban J connectivity index is 1.74. The molecule has 0 unspecified atom stereocenters. The van der Waals surface area contributed by atoms with Crippen LogP contribution in [0.4, 0.5) is 5.69 Å². The van der Waals surface area contributed by atoms with Crippen LogP contribution in [0.15, 0.2) is 24.3 Å². The topological polar surface area (TPSA) is 58.6 Å². The van der Waals surface area contributed by atoms with Gasteiger partial charge in [-0.1, -0.05) is 0 Å². The molecule has 0 bridgehead atoms. The Morgan fingerprint density at radius 2 is 1.91 bits per heavy atom. The Morgan fingerprint density at radius 3 is 2.50 bits per heavy atom. The number of likely N-dealkylation sites (tertiary alicyclic amines) is 1. The van der Waals surface area contributed by atoms with E-state index in [0.717, 1.165) is 35.2 Å². The second-order valence-corrected chi connectivity index (χ2v) is 6.60. The van der Waals surface area contributed by atoms with Crippen molar-refractivity contribution in [2.45, 2.75) is 19.8 Å². The molecule has 0 aliphatic carbocycles. The Hall–Kier alpha value is -1.15. The largest absolute Gasteiger partial charge is 0.466 e. The molecule has 1 amide bonds. The zero-order valence-electron chi connectivity index (χ0n) is 12.7. The molecule has 120 valence electrons. The van der Waals surface area contributed by atoms with Gasteiger partial charge in [0.05, 0.1) is 19.1 Å². The molecule has 0 atom stereocenters. The minimum atomic E-state index is -0.106. The van der Waals surface area contributed by atoms with Crippen molar-refractivity contribution in [3.05, 3.63) is 27.8 Å². The number of piperidine rings is 1. The van der Waals surface area contributed by atoms with Gasteiger partial charge < -0.3 is 10.1 Å². The van der Waals surface area contributed by atoms with Crippen LogP contribution in [-0.4, -0.2) is 43.0 Å². The lowest BCUT2D eigenvalue weighted by molar-refractivity contribution is -0.149. The molecule has 0 saturated carbocycles. The fraction of sp³-hybridized carbons (Fsp3) is 0.500.